The highest BCUT2D eigenvalue weighted by Crippen LogP contribution is 2.36. The second-order valence-electron chi connectivity index (χ2n) is 5.12. The van der Waals surface area contributed by atoms with E-state index in [9.17, 15) is 4.79 Å². The van der Waals surface area contributed by atoms with Crippen LogP contribution in [0.2, 0.25) is 0 Å². The smallest absolute Gasteiger partial charge is 0.334 e. The molecule has 1 atom stereocenters. The Morgan fingerprint density at radius 1 is 1.68 bits per heavy atom. The van der Waals surface area contributed by atoms with E-state index in [-0.39, 0.29) is 12.6 Å². The molecule has 0 radical (unpaired) electrons. The number of rotatable bonds is 5. The number of ether oxygens (including phenoxy) is 1. The number of carbonyl (C=O) groups excluding carboxylic acids is 1. The first-order chi connectivity index (χ1) is 8.93. The van der Waals surface area contributed by atoms with E-state index >= 15 is 0 Å². The van der Waals surface area contributed by atoms with Gasteiger partial charge in [0.1, 0.15) is 5.60 Å². The minimum absolute atomic E-state index is 0.0444. The van der Waals surface area contributed by atoms with Crippen molar-refractivity contribution in [2.75, 3.05) is 6.61 Å². The zero-order valence-electron chi connectivity index (χ0n) is 11.1. The molecule has 1 unspecified atom stereocenters. The molecule has 0 aliphatic carbocycles. The number of hydrogen-bond acceptors (Lipinski definition) is 4. The van der Waals surface area contributed by atoms with Gasteiger partial charge in [-0.2, -0.15) is 5.10 Å². The Balaban J connectivity index is 2.04. The fourth-order valence-corrected chi connectivity index (χ4v) is 2.28. The zero-order chi connectivity index (χ0) is 14.0. The van der Waals surface area contributed by atoms with E-state index < -0.39 is 5.60 Å². The van der Waals surface area contributed by atoms with E-state index in [1.165, 1.54) is 0 Å². The van der Waals surface area contributed by atoms with Gasteiger partial charge in [-0.25, -0.2) is 4.79 Å². The van der Waals surface area contributed by atoms with E-state index in [2.05, 4.69) is 18.3 Å². The third-order valence-corrected chi connectivity index (χ3v) is 3.17. The molecule has 0 aromatic carbocycles. The number of carbonyl (C=O) groups is 1. The highest BCUT2D eigenvalue weighted by Gasteiger charge is 2.39. The second kappa shape index (κ2) is 5.01. The first-order valence-corrected chi connectivity index (χ1v) is 6.16. The lowest BCUT2D eigenvalue weighted by Gasteiger charge is -2.22. The largest absolute Gasteiger partial charge is 0.455 e. The number of aliphatic hydroxyl groups is 1. The number of aromatic nitrogens is 2. The van der Waals surface area contributed by atoms with Crippen molar-refractivity contribution in [3.8, 4) is 0 Å². The van der Waals surface area contributed by atoms with Crippen molar-refractivity contribution in [2.45, 2.75) is 31.9 Å². The van der Waals surface area contributed by atoms with Crippen LogP contribution in [0.5, 0.6) is 0 Å². The molecule has 0 bridgehead atoms. The van der Waals surface area contributed by atoms with Gasteiger partial charge in [-0.15, -0.1) is 0 Å². The molecule has 0 spiro atoms. The van der Waals surface area contributed by atoms with Crippen LogP contribution in [0.4, 0.5) is 0 Å². The molecule has 1 aromatic rings. The van der Waals surface area contributed by atoms with E-state index in [0.717, 1.165) is 11.1 Å². The lowest BCUT2D eigenvalue weighted by Crippen LogP contribution is -2.23. The first kappa shape index (κ1) is 13.5. The molecule has 2 rings (SSSR count). The van der Waals surface area contributed by atoms with Crippen LogP contribution >= 0.6 is 0 Å². The third-order valence-electron chi connectivity index (χ3n) is 3.17. The van der Waals surface area contributed by atoms with Gasteiger partial charge in [0.25, 0.3) is 0 Å². The van der Waals surface area contributed by atoms with Crippen molar-refractivity contribution in [2.24, 2.45) is 0 Å². The molecule has 5 heteroatoms. The zero-order valence-corrected chi connectivity index (χ0v) is 11.1. The van der Waals surface area contributed by atoms with Crippen molar-refractivity contribution < 1.29 is 14.6 Å². The molecular formula is C14H18N2O3. The summed E-state index contributed by atoms with van der Waals surface area (Å²) in [5, 5.41) is 13.0. The Labute approximate surface area is 112 Å². The maximum atomic E-state index is 11.4. The lowest BCUT2D eigenvalue weighted by atomic mass is 9.91. The van der Waals surface area contributed by atoms with Crippen LogP contribution in [-0.2, 0) is 16.1 Å². The molecule has 1 aliphatic heterocycles. The molecule has 5 nitrogen and oxygen atoms in total. The number of nitrogens with zero attached hydrogens (tertiary/aromatic N) is 2. The van der Waals surface area contributed by atoms with Crippen molar-refractivity contribution in [1.29, 1.82) is 0 Å². The van der Waals surface area contributed by atoms with Gasteiger partial charge in [0.05, 0.1) is 19.3 Å². The summed E-state index contributed by atoms with van der Waals surface area (Å²) < 4.78 is 7.00. The summed E-state index contributed by atoms with van der Waals surface area (Å²) in [6, 6.07) is 0. The molecule has 0 amide bonds. The number of aliphatic hydroxyl groups excluding tert-OH is 1. The SMILES string of the molecule is C=C1CC(C)(CC(=C)c2cnn(CCO)c2)OC1=O. The molecule has 1 aromatic heterocycles. The van der Waals surface area contributed by atoms with Gasteiger partial charge in [-0.1, -0.05) is 13.2 Å². The van der Waals surface area contributed by atoms with Crippen LogP contribution < -0.4 is 0 Å². The molecule has 102 valence electrons. The molecule has 19 heavy (non-hydrogen) atoms. The fraction of sp³-hybridized carbons (Fsp3) is 0.429. The van der Waals surface area contributed by atoms with Gasteiger partial charge in [-0.3, -0.25) is 4.68 Å². The predicted octanol–water partition coefficient (Wildman–Crippen LogP) is 1.54. The van der Waals surface area contributed by atoms with Gasteiger partial charge in [0.15, 0.2) is 0 Å². The van der Waals surface area contributed by atoms with Gasteiger partial charge in [0, 0.05) is 30.2 Å². The normalized spacial score (nSPS) is 22.6. The molecule has 0 saturated carbocycles. The minimum Gasteiger partial charge on any atom is -0.455 e. The maximum absolute atomic E-state index is 11.4. The third kappa shape index (κ3) is 2.93. The summed E-state index contributed by atoms with van der Waals surface area (Å²) in [5.74, 6) is -0.328. The van der Waals surface area contributed by atoms with Crippen molar-refractivity contribution >= 4 is 11.5 Å². The molecule has 1 saturated heterocycles. The average molecular weight is 262 g/mol. The summed E-state index contributed by atoms with van der Waals surface area (Å²) in [7, 11) is 0. The average Bonchev–Trinajstić information content (AvgIpc) is 2.86. The summed E-state index contributed by atoms with van der Waals surface area (Å²) >= 11 is 0. The Morgan fingerprint density at radius 3 is 3.00 bits per heavy atom. The first-order valence-electron chi connectivity index (χ1n) is 6.16. The summed E-state index contributed by atoms with van der Waals surface area (Å²) in [6.07, 6.45) is 4.60. The van der Waals surface area contributed by atoms with Crippen LogP contribution in [0, 0.1) is 0 Å². The summed E-state index contributed by atoms with van der Waals surface area (Å²) in [6.45, 7) is 10.1. The van der Waals surface area contributed by atoms with Gasteiger partial charge < -0.3 is 9.84 Å². The Bertz CT molecular complexity index is 515. The van der Waals surface area contributed by atoms with Gasteiger partial charge in [0.2, 0.25) is 0 Å². The topological polar surface area (TPSA) is 64.3 Å². The van der Waals surface area contributed by atoms with Crippen molar-refractivity contribution in [3.63, 3.8) is 0 Å². The highest BCUT2D eigenvalue weighted by molar-refractivity contribution is 5.90. The fourth-order valence-electron chi connectivity index (χ4n) is 2.28. The van der Waals surface area contributed by atoms with Gasteiger partial charge in [-0.05, 0) is 12.5 Å². The van der Waals surface area contributed by atoms with Gasteiger partial charge >= 0.3 is 5.97 Å². The van der Waals surface area contributed by atoms with Crippen LogP contribution in [0.15, 0.2) is 31.1 Å². The van der Waals surface area contributed by atoms with E-state index in [4.69, 9.17) is 9.84 Å². The Morgan fingerprint density at radius 2 is 2.42 bits per heavy atom. The Hall–Kier alpha value is -1.88. The van der Waals surface area contributed by atoms with E-state index in [1.54, 1.807) is 10.9 Å². The Kier molecular flexibility index (Phi) is 3.57. The quantitative estimate of drug-likeness (QED) is 0.646. The van der Waals surface area contributed by atoms with Crippen LogP contribution in [0.1, 0.15) is 25.3 Å². The summed E-state index contributed by atoms with van der Waals surface area (Å²) in [4.78, 5) is 11.4. The summed E-state index contributed by atoms with van der Waals surface area (Å²) in [5.41, 5.74) is 1.69. The molecule has 1 fully saturated rings. The monoisotopic (exact) mass is 262 g/mol. The van der Waals surface area contributed by atoms with Crippen LogP contribution in [0.3, 0.4) is 0 Å². The van der Waals surface area contributed by atoms with Crippen molar-refractivity contribution in [3.05, 3.63) is 36.7 Å². The second-order valence-corrected chi connectivity index (χ2v) is 5.12. The maximum Gasteiger partial charge on any atom is 0.334 e. The highest BCUT2D eigenvalue weighted by atomic mass is 16.6. The predicted molar refractivity (Wildman–Crippen MR) is 71.2 cm³/mol. The number of esters is 1. The molecule has 1 N–H and O–H groups in total. The van der Waals surface area contributed by atoms with Crippen LogP contribution in [-0.4, -0.2) is 33.1 Å². The standard InChI is InChI=1S/C14H18N2O3/c1-10(12-8-15-16(9-12)4-5-17)6-14(3)7-11(2)13(18)19-14/h8-9,17H,1-2,4-7H2,3H3. The minimum atomic E-state index is -0.565. The number of hydrogen-bond donors (Lipinski definition) is 1. The van der Waals surface area contributed by atoms with Crippen molar-refractivity contribution in [1.82, 2.24) is 9.78 Å². The van der Waals surface area contributed by atoms with Crippen LogP contribution in [0.25, 0.3) is 5.57 Å². The van der Waals surface area contributed by atoms with E-state index in [0.29, 0.717) is 25.0 Å². The molecule has 1 aliphatic rings. The lowest BCUT2D eigenvalue weighted by molar-refractivity contribution is -0.144. The molecule has 2 heterocycles. The number of cyclic esters (lactones) is 1. The molecular weight excluding hydrogens is 244 g/mol. The van der Waals surface area contributed by atoms with E-state index in [1.807, 2.05) is 13.1 Å².